The van der Waals surface area contributed by atoms with E-state index < -0.39 is 0 Å². The Labute approximate surface area is 225 Å². The van der Waals surface area contributed by atoms with E-state index in [0.717, 1.165) is 53.7 Å². The molecule has 0 saturated heterocycles. The van der Waals surface area contributed by atoms with Crippen molar-refractivity contribution in [3.63, 3.8) is 0 Å². The van der Waals surface area contributed by atoms with Crippen LogP contribution in [0.2, 0.25) is 0 Å². The minimum absolute atomic E-state index is 0.0574. The average molecular weight is 745 g/mol. The quantitative estimate of drug-likeness (QED) is 0.260. The van der Waals surface area contributed by atoms with Gasteiger partial charge in [0.2, 0.25) is 0 Å². The van der Waals surface area contributed by atoms with Crippen LogP contribution in [0.4, 0.5) is 0 Å². The number of allylic oxidation sites excluding steroid dienone is 3. The number of hydrogen-bond donors (Lipinski definition) is 2. The van der Waals surface area contributed by atoms with Gasteiger partial charge in [-0.25, -0.2) is 0 Å². The molecule has 3 aliphatic rings. The molecule has 5 nitrogen and oxygen atoms in total. The number of amides is 1. The molecule has 5 rings (SSSR count). The van der Waals surface area contributed by atoms with Crippen molar-refractivity contribution >= 4 is 48.3 Å². The summed E-state index contributed by atoms with van der Waals surface area (Å²) in [6, 6.07) is 15.8. The van der Waals surface area contributed by atoms with Crippen molar-refractivity contribution in [1.82, 2.24) is 8.43 Å². The molecular weight excluding hydrogens is 720 g/mol. The molecule has 34 heavy (non-hydrogen) atoms. The predicted molar refractivity (Wildman–Crippen MR) is 145 cm³/mol. The zero-order valence-corrected chi connectivity index (χ0v) is 24.4. The van der Waals surface area contributed by atoms with Crippen LogP contribution >= 0.6 is 32.7 Å². The number of fused-ring (bicyclic) bond motifs is 2. The summed E-state index contributed by atoms with van der Waals surface area (Å²) in [7, 11) is 0. The van der Waals surface area contributed by atoms with E-state index in [2.05, 4.69) is 58.7 Å². The molecule has 1 aliphatic carbocycles. The Morgan fingerprint density at radius 1 is 1.15 bits per heavy atom. The number of nitrogens with one attached hydrogen (secondary N) is 1. The second-order valence-corrected chi connectivity index (χ2v) is 17.4. The number of unbranched alkanes of at least 4 members (excludes halogenated alkanes) is 1. The van der Waals surface area contributed by atoms with Crippen molar-refractivity contribution in [3.8, 4) is 5.75 Å². The van der Waals surface area contributed by atoms with E-state index in [0.29, 0.717) is 6.54 Å². The molecule has 2 heterocycles. The van der Waals surface area contributed by atoms with E-state index in [-0.39, 0.29) is 51.8 Å². The van der Waals surface area contributed by atoms with E-state index in [1.54, 1.807) is 6.07 Å². The Hall–Kier alpha value is -1.53. The second kappa shape index (κ2) is 11.0. The van der Waals surface area contributed by atoms with E-state index in [4.69, 9.17) is 4.99 Å². The van der Waals surface area contributed by atoms with Gasteiger partial charge in [0.05, 0.1) is 0 Å². The molecule has 0 bridgehead atoms. The number of para-hydroxylation sites is 1. The Bertz CT molecular complexity index is 1210. The van der Waals surface area contributed by atoms with Crippen molar-refractivity contribution in [2.24, 2.45) is 10.9 Å². The van der Waals surface area contributed by atoms with Crippen molar-refractivity contribution in [2.45, 2.75) is 32.1 Å². The SMILES string of the molecule is O=C(NCCCCC1=CC(c2ccccc2O)=NC2=C(Br)C=I[I-]N12)C1Cc2ccccc2C1. The van der Waals surface area contributed by atoms with Gasteiger partial charge in [0.25, 0.3) is 0 Å². The first-order chi connectivity index (χ1) is 16.6. The number of benzene rings is 2. The van der Waals surface area contributed by atoms with Crippen LogP contribution in [0.15, 0.2) is 75.6 Å². The van der Waals surface area contributed by atoms with Crippen molar-refractivity contribution in [1.29, 1.82) is 0 Å². The Kier molecular flexibility index (Phi) is 7.84. The molecule has 178 valence electrons. The fraction of sp³-hybridized carbons (Fsp3) is 0.269. The second-order valence-electron chi connectivity index (χ2n) is 8.48. The van der Waals surface area contributed by atoms with Gasteiger partial charge in [-0.2, -0.15) is 0 Å². The molecule has 0 saturated carbocycles. The number of aromatic hydroxyl groups is 1. The van der Waals surface area contributed by atoms with Crippen LogP contribution in [0.3, 0.4) is 0 Å². The molecule has 0 spiro atoms. The fourth-order valence-corrected chi connectivity index (χ4v) is 16.2. The summed E-state index contributed by atoms with van der Waals surface area (Å²) in [5.74, 6) is 1.47. The summed E-state index contributed by atoms with van der Waals surface area (Å²) in [5, 5.41) is 13.5. The Morgan fingerprint density at radius 3 is 2.65 bits per heavy atom. The summed E-state index contributed by atoms with van der Waals surface area (Å²) in [6.45, 7) is 0.710. The standard InChI is InChI=1S/C26H25BrI2N3O2/c27-22-16-28-29-32-20(15-23(31-25(22)32)21-10-3-4-11-24(21)33)9-5-6-12-30-26(34)19-13-17-7-1-2-8-18(17)14-19/h1-4,7-8,10-11,15-16,19,33H,5-6,9,12-14H2,(H,30,34)/q-1. The van der Waals surface area contributed by atoms with E-state index in [1.807, 2.05) is 18.2 Å². The molecule has 2 aromatic carbocycles. The van der Waals surface area contributed by atoms with Crippen LogP contribution in [0.1, 0.15) is 36.0 Å². The Balaban J connectivity index is 1.18. The number of carbonyl (C=O) groups is 1. The van der Waals surface area contributed by atoms with Gasteiger partial charge in [0.1, 0.15) is 0 Å². The summed E-state index contributed by atoms with van der Waals surface area (Å²) < 4.78 is 5.80. The van der Waals surface area contributed by atoms with Gasteiger partial charge in [-0.1, -0.05) is 12.1 Å². The van der Waals surface area contributed by atoms with Crippen LogP contribution in [-0.4, -0.2) is 30.4 Å². The molecular formula is C26H25BrI2N3O2-. The number of nitrogens with zero attached hydrogens (tertiary/aromatic N) is 2. The third-order valence-corrected chi connectivity index (χ3v) is 15.6. The van der Waals surface area contributed by atoms with Crippen LogP contribution in [0.25, 0.3) is 0 Å². The van der Waals surface area contributed by atoms with Gasteiger partial charge < -0.3 is 0 Å². The van der Waals surface area contributed by atoms with Crippen molar-refractivity contribution in [2.75, 3.05) is 6.54 Å². The van der Waals surface area contributed by atoms with Gasteiger partial charge in [-0.05, 0) is 0 Å². The first-order valence-electron chi connectivity index (χ1n) is 11.3. The molecule has 2 N–H and O–H groups in total. The molecule has 2 aromatic rings. The van der Waals surface area contributed by atoms with Crippen molar-refractivity contribution in [3.05, 3.63) is 87.3 Å². The van der Waals surface area contributed by atoms with E-state index in [1.165, 1.54) is 16.8 Å². The normalized spacial score (nSPS) is 17.7. The summed E-state index contributed by atoms with van der Waals surface area (Å²) in [4.78, 5) is 17.5. The predicted octanol–water partition coefficient (Wildman–Crippen LogP) is 2.35. The maximum absolute atomic E-state index is 12.7. The first-order valence-corrected chi connectivity index (χ1v) is 20.6. The molecule has 0 radical (unpaired) electrons. The number of hydrogen-bond acceptors (Lipinski definition) is 4. The number of phenols is 1. The minimum atomic E-state index is -0.0855. The average Bonchev–Trinajstić information content (AvgIpc) is 3.29. The zero-order valence-electron chi connectivity index (χ0n) is 18.5. The molecule has 0 unspecified atom stereocenters. The van der Waals surface area contributed by atoms with E-state index in [9.17, 15) is 9.90 Å². The van der Waals surface area contributed by atoms with E-state index >= 15 is 0 Å². The molecule has 0 aromatic heterocycles. The number of rotatable bonds is 7. The number of aliphatic imine (C=N–C) groups is 1. The first kappa shape index (κ1) is 24.2. The number of halogens is 3. The topological polar surface area (TPSA) is 64.9 Å². The molecule has 0 fully saturated rings. The monoisotopic (exact) mass is 744 g/mol. The third kappa shape index (κ3) is 5.33. The summed E-state index contributed by atoms with van der Waals surface area (Å²) >= 11 is 3.68. The third-order valence-electron chi connectivity index (χ3n) is 6.18. The van der Waals surface area contributed by atoms with Crippen LogP contribution in [-0.2, 0) is 17.6 Å². The van der Waals surface area contributed by atoms with Crippen molar-refractivity contribution < 1.29 is 27.4 Å². The summed E-state index contributed by atoms with van der Waals surface area (Å²) in [5.41, 5.74) is 5.47. The zero-order chi connectivity index (χ0) is 23.5. The Morgan fingerprint density at radius 2 is 1.88 bits per heavy atom. The summed E-state index contributed by atoms with van der Waals surface area (Å²) in [6.07, 6.45) is 6.72. The van der Waals surface area contributed by atoms with Crippen LogP contribution in [0, 0.1) is 5.92 Å². The molecule has 2 aliphatic heterocycles. The number of carbonyl (C=O) groups excluding carboxylic acids is 1. The van der Waals surface area contributed by atoms with Gasteiger partial charge in [0.15, 0.2) is 0 Å². The van der Waals surface area contributed by atoms with Crippen LogP contribution in [0.5, 0.6) is 5.75 Å². The molecule has 1 amide bonds. The van der Waals surface area contributed by atoms with Gasteiger partial charge in [0, 0.05) is 0 Å². The van der Waals surface area contributed by atoms with Gasteiger partial charge in [-0.3, -0.25) is 0 Å². The van der Waals surface area contributed by atoms with Gasteiger partial charge in [-0.15, -0.1) is 0 Å². The molecule has 8 heteroatoms. The van der Waals surface area contributed by atoms with Gasteiger partial charge >= 0.3 is 215 Å². The number of phenolic OH excluding ortho intramolecular Hbond substituents is 1. The fourth-order valence-electron chi connectivity index (χ4n) is 4.43. The van der Waals surface area contributed by atoms with Crippen LogP contribution < -0.4 is 22.8 Å². The maximum atomic E-state index is 12.7. The molecule has 0 atom stereocenters.